The van der Waals surface area contributed by atoms with E-state index in [1.807, 2.05) is 19.1 Å². The Morgan fingerprint density at radius 2 is 2.11 bits per heavy atom. The van der Waals surface area contributed by atoms with Crippen molar-refractivity contribution in [1.29, 1.82) is 0 Å². The Morgan fingerprint density at radius 1 is 1.29 bits per heavy atom. The summed E-state index contributed by atoms with van der Waals surface area (Å²) in [7, 11) is 0. The summed E-state index contributed by atoms with van der Waals surface area (Å²) in [6, 6.07) is 7.24. The zero-order chi connectivity index (χ0) is 20.0. The highest BCUT2D eigenvalue weighted by molar-refractivity contribution is 6.00. The van der Waals surface area contributed by atoms with Crippen molar-refractivity contribution in [2.75, 3.05) is 32.8 Å². The average Bonchev–Trinajstić information content (AvgIpc) is 2.82. The molecule has 1 aromatic carbocycles. The molecule has 7 nitrogen and oxygen atoms in total. The van der Waals surface area contributed by atoms with Gasteiger partial charge in [-0.1, -0.05) is 12.1 Å². The summed E-state index contributed by atoms with van der Waals surface area (Å²) in [5.74, 6) is 0.393. The molecule has 1 N–H and O–H groups in total. The zero-order valence-corrected chi connectivity index (χ0v) is 16.4. The van der Waals surface area contributed by atoms with E-state index in [-0.39, 0.29) is 37.0 Å². The van der Waals surface area contributed by atoms with Gasteiger partial charge in [-0.15, -0.1) is 0 Å². The van der Waals surface area contributed by atoms with Gasteiger partial charge in [0.15, 0.2) is 5.78 Å². The molecule has 2 heterocycles. The highest BCUT2D eigenvalue weighted by Crippen LogP contribution is 2.39. The standard InChI is InChI=1S/C21H28N2O5/c1-2-27-13-5-11-22-19(25)15-23-12-10-21(9-8-20(23)26)14-17(24)16-6-3-4-7-18(16)28-21/h3-4,6-7H,2,5,8-15H2,1H3,(H,22,25). The summed E-state index contributed by atoms with van der Waals surface area (Å²) in [6.45, 7) is 4.16. The van der Waals surface area contributed by atoms with Gasteiger partial charge in [-0.25, -0.2) is 0 Å². The van der Waals surface area contributed by atoms with Gasteiger partial charge in [0.05, 0.1) is 18.5 Å². The van der Waals surface area contributed by atoms with Gasteiger partial charge in [-0.05, 0) is 31.9 Å². The Morgan fingerprint density at radius 3 is 2.93 bits per heavy atom. The lowest BCUT2D eigenvalue weighted by atomic mass is 9.84. The first-order valence-electron chi connectivity index (χ1n) is 9.96. The van der Waals surface area contributed by atoms with Crippen LogP contribution in [0, 0.1) is 0 Å². The molecule has 0 bridgehead atoms. The van der Waals surface area contributed by atoms with Crippen molar-refractivity contribution in [1.82, 2.24) is 10.2 Å². The first-order chi connectivity index (χ1) is 13.5. The number of nitrogens with zero attached hydrogens (tertiary/aromatic N) is 1. The van der Waals surface area contributed by atoms with Gasteiger partial charge in [0.1, 0.15) is 11.4 Å². The number of hydrogen-bond donors (Lipinski definition) is 1. The highest BCUT2D eigenvalue weighted by Gasteiger charge is 2.43. The van der Waals surface area contributed by atoms with E-state index in [4.69, 9.17) is 9.47 Å². The molecule has 1 spiro atoms. The Kier molecular flexibility index (Phi) is 6.67. The molecule has 1 atom stereocenters. The number of rotatable bonds is 7. The van der Waals surface area contributed by atoms with Crippen molar-refractivity contribution in [2.45, 2.75) is 44.6 Å². The van der Waals surface area contributed by atoms with Crippen LogP contribution < -0.4 is 10.1 Å². The predicted octanol–water partition coefficient (Wildman–Crippen LogP) is 1.95. The number of ether oxygens (including phenoxy) is 2. The lowest BCUT2D eigenvalue weighted by Crippen LogP contribution is -2.44. The third kappa shape index (κ3) is 4.90. The second-order valence-electron chi connectivity index (χ2n) is 7.35. The normalized spacial score (nSPS) is 21.8. The molecule has 7 heteroatoms. The Labute approximate surface area is 165 Å². The van der Waals surface area contributed by atoms with Crippen molar-refractivity contribution in [3.05, 3.63) is 29.8 Å². The van der Waals surface area contributed by atoms with Crippen LogP contribution in [0.25, 0.3) is 0 Å². The van der Waals surface area contributed by atoms with Gasteiger partial charge in [0.2, 0.25) is 11.8 Å². The van der Waals surface area contributed by atoms with Crippen LogP contribution in [0.1, 0.15) is 49.4 Å². The molecule has 152 valence electrons. The van der Waals surface area contributed by atoms with Gasteiger partial charge in [0.25, 0.3) is 0 Å². The fraction of sp³-hybridized carbons (Fsp3) is 0.571. The number of ketones is 1. The summed E-state index contributed by atoms with van der Waals surface area (Å²) in [4.78, 5) is 38.8. The minimum Gasteiger partial charge on any atom is -0.486 e. The van der Waals surface area contributed by atoms with E-state index < -0.39 is 5.60 Å². The maximum Gasteiger partial charge on any atom is 0.239 e. The molecule has 28 heavy (non-hydrogen) atoms. The van der Waals surface area contributed by atoms with Gasteiger partial charge in [-0.2, -0.15) is 0 Å². The lowest BCUT2D eigenvalue weighted by molar-refractivity contribution is -0.135. The summed E-state index contributed by atoms with van der Waals surface area (Å²) in [5, 5.41) is 2.82. The smallest absolute Gasteiger partial charge is 0.239 e. The number of carbonyl (C=O) groups excluding carboxylic acids is 3. The number of likely N-dealkylation sites (tertiary alicyclic amines) is 1. The van der Waals surface area contributed by atoms with Crippen LogP contribution in [0.4, 0.5) is 0 Å². The Bertz CT molecular complexity index is 735. The van der Waals surface area contributed by atoms with Crippen LogP contribution in [0.15, 0.2) is 24.3 Å². The molecule has 1 unspecified atom stereocenters. The number of fused-ring (bicyclic) bond motifs is 1. The minimum atomic E-state index is -0.663. The highest BCUT2D eigenvalue weighted by atomic mass is 16.5. The summed E-state index contributed by atoms with van der Waals surface area (Å²) in [5.41, 5.74) is -0.0592. The van der Waals surface area contributed by atoms with Crippen LogP contribution in [0.2, 0.25) is 0 Å². The number of carbonyl (C=O) groups is 3. The van der Waals surface area contributed by atoms with Crippen molar-refractivity contribution in [3.8, 4) is 5.75 Å². The molecule has 0 aliphatic carbocycles. The molecular formula is C21H28N2O5. The lowest BCUT2D eigenvalue weighted by Gasteiger charge is -2.37. The number of Topliss-reactive ketones (excluding diaryl/α,β-unsaturated/α-hetero) is 1. The number of para-hydroxylation sites is 1. The summed E-state index contributed by atoms with van der Waals surface area (Å²) < 4.78 is 11.4. The maximum absolute atomic E-state index is 12.6. The van der Waals surface area contributed by atoms with Crippen LogP contribution in [0.3, 0.4) is 0 Å². The Balaban J connectivity index is 1.56. The maximum atomic E-state index is 12.6. The topological polar surface area (TPSA) is 84.9 Å². The van der Waals surface area contributed by atoms with E-state index in [1.165, 1.54) is 0 Å². The van der Waals surface area contributed by atoms with Crippen LogP contribution in [-0.2, 0) is 14.3 Å². The van der Waals surface area contributed by atoms with Gasteiger partial charge >= 0.3 is 0 Å². The van der Waals surface area contributed by atoms with Crippen LogP contribution in [-0.4, -0.2) is 60.9 Å². The van der Waals surface area contributed by atoms with E-state index in [2.05, 4.69) is 5.32 Å². The minimum absolute atomic E-state index is 0.0358. The second kappa shape index (κ2) is 9.19. The van der Waals surface area contributed by atoms with Crippen molar-refractivity contribution < 1.29 is 23.9 Å². The number of benzene rings is 1. The molecule has 1 aromatic rings. The van der Waals surface area contributed by atoms with Gasteiger partial charge in [0, 0.05) is 39.1 Å². The molecule has 2 aliphatic heterocycles. The number of amides is 2. The van der Waals surface area contributed by atoms with E-state index in [0.717, 1.165) is 6.42 Å². The monoisotopic (exact) mass is 388 g/mol. The summed E-state index contributed by atoms with van der Waals surface area (Å²) in [6.07, 6.45) is 2.31. The van der Waals surface area contributed by atoms with Gasteiger partial charge < -0.3 is 19.7 Å². The molecule has 0 saturated carbocycles. The van der Waals surface area contributed by atoms with Crippen LogP contribution in [0.5, 0.6) is 5.75 Å². The molecule has 2 aliphatic rings. The van der Waals surface area contributed by atoms with Crippen molar-refractivity contribution >= 4 is 17.6 Å². The first kappa shape index (κ1) is 20.3. The molecule has 0 radical (unpaired) electrons. The third-order valence-electron chi connectivity index (χ3n) is 5.31. The van der Waals surface area contributed by atoms with Crippen LogP contribution >= 0.6 is 0 Å². The predicted molar refractivity (Wildman–Crippen MR) is 103 cm³/mol. The van der Waals surface area contributed by atoms with E-state index in [9.17, 15) is 14.4 Å². The largest absolute Gasteiger partial charge is 0.486 e. The molecule has 3 rings (SSSR count). The first-order valence-corrected chi connectivity index (χ1v) is 9.96. The Hall–Kier alpha value is -2.41. The number of hydrogen-bond acceptors (Lipinski definition) is 5. The van der Waals surface area contributed by atoms with E-state index in [1.54, 1.807) is 17.0 Å². The second-order valence-corrected chi connectivity index (χ2v) is 7.35. The third-order valence-corrected chi connectivity index (χ3v) is 5.31. The SMILES string of the molecule is CCOCCCNC(=O)CN1CCC2(CCC1=O)CC(=O)c1ccccc1O2. The van der Waals surface area contributed by atoms with Gasteiger partial charge in [-0.3, -0.25) is 14.4 Å². The molecule has 2 amide bonds. The average molecular weight is 388 g/mol. The molecule has 1 fully saturated rings. The van der Waals surface area contributed by atoms with Crippen molar-refractivity contribution in [3.63, 3.8) is 0 Å². The summed E-state index contributed by atoms with van der Waals surface area (Å²) >= 11 is 0. The van der Waals surface area contributed by atoms with E-state index >= 15 is 0 Å². The molecule has 0 aromatic heterocycles. The fourth-order valence-electron chi connectivity index (χ4n) is 3.75. The zero-order valence-electron chi connectivity index (χ0n) is 16.4. The van der Waals surface area contributed by atoms with E-state index in [0.29, 0.717) is 50.5 Å². The molecular weight excluding hydrogens is 360 g/mol. The number of nitrogens with one attached hydrogen (secondary N) is 1. The molecule has 1 saturated heterocycles. The quantitative estimate of drug-likeness (QED) is 0.722. The fourth-order valence-corrected chi connectivity index (χ4v) is 3.75. The van der Waals surface area contributed by atoms with Crippen molar-refractivity contribution in [2.24, 2.45) is 0 Å².